The zero-order valence-electron chi connectivity index (χ0n) is 11.3. The monoisotopic (exact) mass is 374 g/mol. The molecule has 0 fully saturated rings. The lowest BCUT2D eigenvalue weighted by Gasteiger charge is -2.04. The van der Waals surface area contributed by atoms with Gasteiger partial charge in [0.05, 0.1) is 22.4 Å². The van der Waals surface area contributed by atoms with Crippen molar-refractivity contribution in [1.82, 2.24) is 0 Å². The van der Waals surface area contributed by atoms with Crippen molar-refractivity contribution in [2.75, 3.05) is 7.11 Å². The van der Waals surface area contributed by atoms with Crippen LogP contribution in [0.1, 0.15) is 23.0 Å². The first-order valence-corrected chi connectivity index (χ1v) is 7.67. The van der Waals surface area contributed by atoms with Gasteiger partial charge in [-0.05, 0) is 28.1 Å². The molecule has 0 amide bonds. The summed E-state index contributed by atoms with van der Waals surface area (Å²) in [7, 11) is 1.43. The molecule has 112 valence electrons. The van der Waals surface area contributed by atoms with Crippen LogP contribution < -0.4 is 4.74 Å². The minimum Gasteiger partial charge on any atom is -0.495 e. The molecule has 0 saturated heterocycles. The summed E-state index contributed by atoms with van der Waals surface area (Å²) in [4.78, 5) is 23.2. The largest absolute Gasteiger partial charge is 0.495 e. The molecule has 1 aromatic heterocycles. The fourth-order valence-electron chi connectivity index (χ4n) is 1.84. The van der Waals surface area contributed by atoms with Crippen molar-refractivity contribution in [1.29, 1.82) is 0 Å². The van der Waals surface area contributed by atoms with Gasteiger partial charge in [0.1, 0.15) is 11.6 Å². The number of halogens is 2. The lowest BCUT2D eigenvalue weighted by Crippen LogP contribution is -2.13. The van der Waals surface area contributed by atoms with Crippen LogP contribution in [0.15, 0.2) is 16.6 Å². The number of fused-ring (bicyclic) bond motifs is 1. The minimum absolute atomic E-state index is 0.109. The third kappa shape index (κ3) is 3.08. The SMILES string of the molecule is COc1cc2sc(C(=O)C[C@H](C)C(=O)O)cc2c(F)c1Br. The highest BCUT2D eigenvalue weighted by Gasteiger charge is 2.21. The van der Waals surface area contributed by atoms with Gasteiger partial charge < -0.3 is 9.84 Å². The van der Waals surface area contributed by atoms with Crippen molar-refractivity contribution < 1.29 is 23.8 Å². The number of benzene rings is 1. The summed E-state index contributed by atoms with van der Waals surface area (Å²) < 4.78 is 20.0. The zero-order chi connectivity index (χ0) is 15.7. The second-order valence-electron chi connectivity index (χ2n) is 4.60. The highest BCUT2D eigenvalue weighted by molar-refractivity contribution is 9.10. The number of thiophene rings is 1. The van der Waals surface area contributed by atoms with E-state index in [-0.39, 0.29) is 16.7 Å². The summed E-state index contributed by atoms with van der Waals surface area (Å²) in [6.07, 6.45) is -0.109. The first kappa shape index (κ1) is 15.9. The molecule has 2 rings (SSSR count). The highest BCUT2D eigenvalue weighted by Crippen LogP contribution is 2.38. The summed E-state index contributed by atoms with van der Waals surface area (Å²) in [6.45, 7) is 1.47. The topological polar surface area (TPSA) is 63.6 Å². The Hall–Kier alpha value is -1.47. The molecule has 0 aliphatic rings. The molecule has 0 aliphatic carbocycles. The molecule has 0 spiro atoms. The first-order valence-electron chi connectivity index (χ1n) is 6.06. The number of hydrogen-bond acceptors (Lipinski definition) is 4. The summed E-state index contributed by atoms with van der Waals surface area (Å²) in [5.41, 5.74) is 0. The van der Waals surface area contributed by atoms with E-state index in [9.17, 15) is 14.0 Å². The molecular weight excluding hydrogens is 363 g/mol. The van der Waals surface area contributed by atoms with Gasteiger partial charge >= 0.3 is 5.97 Å². The summed E-state index contributed by atoms with van der Waals surface area (Å²) >= 11 is 4.24. The fourth-order valence-corrected chi connectivity index (χ4v) is 3.37. The van der Waals surface area contributed by atoms with E-state index in [1.54, 1.807) is 6.07 Å². The maximum atomic E-state index is 14.2. The van der Waals surface area contributed by atoms with Gasteiger partial charge in [0.2, 0.25) is 0 Å². The third-order valence-electron chi connectivity index (χ3n) is 3.08. The zero-order valence-corrected chi connectivity index (χ0v) is 13.7. The van der Waals surface area contributed by atoms with Crippen LogP contribution in [0.2, 0.25) is 0 Å². The number of methoxy groups -OCH3 is 1. The maximum Gasteiger partial charge on any atom is 0.306 e. The Labute approximate surface area is 132 Å². The van der Waals surface area contributed by atoms with Crippen molar-refractivity contribution in [3.8, 4) is 5.75 Å². The average molecular weight is 375 g/mol. The van der Waals surface area contributed by atoms with E-state index < -0.39 is 17.7 Å². The Morgan fingerprint density at radius 3 is 2.71 bits per heavy atom. The van der Waals surface area contributed by atoms with Crippen LogP contribution in [-0.2, 0) is 4.79 Å². The molecule has 0 unspecified atom stereocenters. The summed E-state index contributed by atoms with van der Waals surface area (Å²) in [6, 6.07) is 3.10. The van der Waals surface area contributed by atoms with Crippen LogP contribution in [0.25, 0.3) is 10.1 Å². The van der Waals surface area contributed by atoms with E-state index in [4.69, 9.17) is 9.84 Å². The van der Waals surface area contributed by atoms with E-state index in [1.165, 1.54) is 20.1 Å². The van der Waals surface area contributed by atoms with Gasteiger partial charge in [-0.3, -0.25) is 9.59 Å². The van der Waals surface area contributed by atoms with Crippen molar-refractivity contribution in [3.63, 3.8) is 0 Å². The number of carboxylic acids is 1. The molecule has 1 aromatic carbocycles. The number of Topliss-reactive ketones (excluding diaryl/α,β-unsaturated/α-hetero) is 1. The average Bonchev–Trinajstić information content (AvgIpc) is 2.86. The number of carbonyl (C=O) groups is 2. The number of hydrogen-bond donors (Lipinski definition) is 1. The predicted octanol–water partition coefficient (Wildman–Crippen LogP) is 4.11. The Kier molecular flexibility index (Phi) is 4.63. The van der Waals surface area contributed by atoms with Gasteiger partial charge in [-0.1, -0.05) is 6.92 Å². The second kappa shape index (κ2) is 6.11. The van der Waals surface area contributed by atoms with Crippen LogP contribution in [0, 0.1) is 11.7 Å². The molecule has 1 N–H and O–H groups in total. The number of ether oxygens (including phenoxy) is 1. The van der Waals surface area contributed by atoms with Gasteiger partial charge in [0, 0.05) is 16.5 Å². The number of carbonyl (C=O) groups excluding carboxylic acids is 1. The first-order chi connectivity index (χ1) is 9.85. The van der Waals surface area contributed by atoms with Gasteiger partial charge in [-0.15, -0.1) is 11.3 Å². The van der Waals surface area contributed by atoms with Crippen molar-refractivity contribution >= 4 is 49.1 Å². The molecule has 4 nitrogen and oxygen atoms in total. The van der Waals surface area contributed by atoms with E-state index >= 15 is 0 Å². The lowest BCUT2D eigenvalue weighted by molar-refractivity contribution is -0.141. The van der Waals surface area contributed by atoms with Crippen molar-refractivity contribution in [2.45, 2.75) is 13.3 Å². The fraction of sp³-hybridized carbons (Fsp3) is 0.286. The van der Waals surface area contributed by atoms with Crippen LogP contribution in [0.3, 0.4) is 0 Å². The van der Waals surface area contributed by atoms with Crippen LogP contribution in [-0.4, -0.2) is 24.0 Å². The standard InChI is InChI=1S/C14H12BrFO4S/c1-6(14(18)19)3-8(17)11-4-7-10(21-11)5-9(20-2)12(15)13(7)16/h4-6H,3H2,1-2H3,(H,18,19)/t6-/m0/s1. The molecule has 1 heterocycles. The van der Waals surface area contributed by atoms with Gasteiger partial charge in [-0.25, -0.2) is 4.39 Å². The Balaban J connectivity index is 2.41. The predicted molar refractivity (Wildman–Crippen MR) is 81.8 cm³/mol. The highest BCUT2D eigenvalue weighted by atomic mass is 79.9. The molecule has 21 heavy (non-hydrogen) atoms. The Morgan fingerprint density at radius 1 is 1.48 bits per heavy atom. The molecular formula is C14H12BrFO4S. The van der Waals surface area contributed by atoms with Crippen molar-refractivity contribution in [2.24, 2.45) is 5.92 Å². The molecule has 0 bridgehead atoms. The number of carboxylic acid groups (broad SMARTS) is 1. The molecule has 1 atom stereocenters. The second-order valence-corrected chi connectivity index (χ2v) is 6.47. The van der Waals surface area contributed by atoms with Gasteiger partial charge in [-0.2, -0.15) is 0 Å². The normalized spacial score (nSPS) is 12.4. The Bertz CT molecular complexity index is 725. The molecule has 7 heteroatoms. The van der Waals surface area contributed by atoms with Gasteiger partial charge in [0.15, 0.2) is 5.78 Å². The Morgan fingerprint density at radius 2 is 2.14 bits per heavy atom. The van der Waals surface area contributed by atoms with E-state index in [1.807, 2.05) is 0 Å². The molecule has 2 aromatic rings. The van der Waals surface area contributed by atoms with Crippen LogP contribution >= 0.6 is 27.3 Å². The third-order valence-corrected chi connectivity index (χ3v) is 4.94. The molecule has 0 aliphatic heterocycles. The van der Waals surface area contributed by atoms with Crippen LogP contribution in [0.5, 0.6) is 5.75 Å². The quantitative estimate of drug-likeness (QED) is 0.800. The molecule has 0 saturated carbocycles. The minimum atomic E-state index is -1.03. The smallest absolute Gasteiger partial charge is 0.306 e. The lowest BCUT2D eigenvalue weighted by atomic mass is 10.0. The summed E-state index contributed by atoms with van der Waals surface area (Å²) in [5, 5.41) is 9.15. The number of ketones is 1. The van der Waals surface area contributed by atoms with Crippen molar-refractivity contribution in [3.05, 3.63) is 27.3 Å². The molecule has 0 radical (unpaired) electrons. The number of aliphatic carboxylic acids is 1. The van der Waals surface area contributed by atoms with Crippen LogP contribution in [0.4, 0.5) is 4.39 Å². The maximum absolute atomic E-state index is 14.2. The van der Waals surface area contributed by atoms with Gasteiger partial charge in [0.25, 0.3) is 0 Å². The van der Waals surface area contributed by atoms with E-state index in [2.05, 4.69) is 15.9 Å². The van der Waals surface area contributed by atoms with E-state index in [0.717, 1.165) is 11.3 Å². The number of rotatable bonds is 5. The van der Waals surface area contributed by atoms with E-state index in [0.29, 0.717) is 20.7 Å². The summed E-state index contributed by atoms with van der Waals surface area (Å²) in [5.74, 6) is -2.25.